The molecule has 32 nitrogen and oxygen atoms in total. The highest BCUT2D eigenvalue weighted by Crippen LogP contribution is 2.23. The summed E-state index contributed by atoms with van der Waals surface area (Å²) in [6.07, 6.45) is -3.32. The number of carboxylic acid groups (broad SMARTS) is 4. The van der Waals surface area contributed by atoms with Crippen molar-refractivity contribution < 1.29 is 102 Å². The number of aryl methyl sites for hydroxylation is 2. The summed E-state index contributed by atoms with van der Waals surface area (Å²) in [5.41, 5.74) is 4.53. The van der Waals surface area contributed by atoms with Gasteiger partial charge in [0.05, 0.1) is 25.9 Å². The molecule has 0 aliphatic carbocycles. The lowest BCUT2D eigenvalue weighted by Crippen LogP contribution is -2.60. The van der Waals surface area contributed by atoms with E-state index in [-0.39, 0.29) is 31.6 Å². The number of fused-ring (bicyclic) bond motifs is 20. The fourth-order valence-electron chi connectivity index (χ4n) is 10.8. The molecular weight excluding hydrogens is 1330 g/mol. The number of carbonyl (C=O) groups excluding carboxylic acids is 11. The summed E-state index contributed by atoms with van der Waals surface area (Å²) in [7, 11) is 0. The minimum absolute atomic E-state index is 0.0204. The van der Waals surface area contributed by atoms with Gasteiger partial charge in [-0.2, -0.15) is 0 Å². The summed E-state index contributed by atoms with van der Waals surface area (Å²) >= 11 is 0. The molecule has 11 amide bonds. The molecule has 0 saturated carbocycles. The van der Waals surface area contributed by atoms with Crippen molar-refractivity contribution >= 4 is 88.9 Å². The number of benzene rings is 5. The Morgan fingerprint density at radius 1 is 0.451 bits per heavy atom. The zero-order chi connectivity index (χ0) is 74.2. The molecule has 32 heteroatoms. The first-order valence-corrected chi connectivity index (χ1v) is 32.3. The standard InChI is InChI=1S/C70H79N11O21/c1-37-62(91)71-33-56(83)76-50(23-24-58(85)86)65(94)78-53-30-43-15-19-48(20-16-43)101-35-45-25-44(14-11-40-9-12-42(13-10-40)29-52(75-39(3)82)68(97)79-54(31-59(87)88)66(95)73-37)26-46(27-45)36-102-49-21-17-47(18-22-49)61(70(99)100)81-57(84)34-72-64(93)51(28-41-7-5-4-6-8-41)77-63(92)38(2)74-67(96)55(32-60(89)90)80-69(53)98/h4-10,12-13,15-22,25-27,37-38,50-55,61H,11,14,23-24,28-36H2,1-3H3,(H,71,91)(H,72,93)(H,73,95)(H,74,96)(H,75,82)(H,76,83)(H,77,92)(H,78,94)(H,79,97)(H,80,98)(H,81,84)(H,85,86)(H,87,88)(H,89,90)(H,99,100)/t37-,38-,50-,51-,52-,53-,54-,55-,61-/m0/s1. The molecule has 102 heavy (non-hydrogen) atoms. The van der Waals surface area contributed by atoms with Gasteiger partial charge in [0.1, 0.15) is 73.0 Å². The van der Waals surface area contributed by atoms with E-state index < -0.39 is 188 Å². The molecule has 0 aromatic heterocycles. The third-order valence-corrected chi connectivity index (χ3v) is 16.1. The van der Waals surface area contributed by atoms with Crippen molar-refractivity contribution in [2.24, 2.45) is 0 Å². The van der Waals surface area contributed by atoms with Gasteiger partial charge in [-0.05, 0) is 108 Å². The topological polar surface area (TPSA) is 488 Å². The maximum absolute atomic E-state index is 14.6. The minimum Gasteiger partial charge on any atom is -0.489 e. The van der Waals surface area contributed by atoms with Crippen LogP contribution in [0.25, 0.3) is 0 Å². The van der Waals surface area contributed by atoms with Crippen LogP contribution in [0.4, 0.5) is 0 Å². The molecule has 0 fully saturated rings. The Balaban J connectivity index is 1.28. The van der Waals surface area contributed by atoms with Crippen LogP contribution in [0.1, 0.15) is 97.0 Å². The van der Waals surface area contributed by atoms with Crippen molar-refractivity contribution in [1.82, 2.24) is 58.5 Å². The Morgan fingerprint density at radius 3 is 1.49 bits per heavy atom. The van der Waals surface area contributed by atoms with Gasteiger partial charge in [0.25, 0.3) is 0 Å². The molecule has 10 bridgehead atoms. The van der Waals surface area contributed by atoms with Crippen molar-refractivity contribution in [2.45, 2.75) is 146 Å². The normalized spacial score (nSPS) is 22.2. The fraction of sp³-hybridized carbons (Fsp3) is 0.357. The second-order valence-corrected chi connectivity index (χ2v) is 24.3. The van der Waals surface area contributed by atoms with E-state index in [4.69, 9.17) is 9.47 Å². The molecule has 15 N–H and O–H groups in total. The quantitative estimate of drug-likeness (QED) is 0.0721. The van der Waals surface area contributed by atoms with E-state index in [1.165, 1.54) is 55.5 Å². The van der Waals surface area contributed by atoms with Gasteiger partial charge in [-0.15, -0.1) is 0 Å². The van der Waals surface area contributed by atoms with E-state index in [1.807, 2.05) is 30.3 Å². The second kappa shape index (κ2) is 37.1. The Kier molecular flexibility index (Phi) is 28.0. The van der Waals surface area contributed by atoms with Crippen molar-refractivity contribution in [3.05, 3.63) is 166 Å². The molecule has 10 rings (SSSR count). The van der Waals surface area contributed by atoms with Crippen LogP contribution < -0.4 is 68.0 Å². The van der Waals surface area contributed by atoms with Crippen LogP contribution in [0.5, 0.6) is 11.5 Å². The number of carbonyl (C=O) groups is 15. The van der Waals surface area contributed by atoms with Gasteiger partial charge in [0.15, 0.2) is 6.04 Å². The van der Waals surface area contributed by atoms with Crippen molar-refractivity contribution in [2.75, 3.05) is 13.1 Å². The Hall–Kier alpha value is -12.2. The van der Waals surface area contributed by atoms with Crippen LogP contribution in [-0.4, -0.2) is 171 Å². The monoisotopic (exact) mass is 1410 g/mol. The molecular formula is C70H79N11O21. The lowest BCUT2D eigenvalue weighted by molar-refractivity contribution is -0.142. The van der Waals surface area contributed by atoms with Crippen LogP contribution in [0.3, 0.4) is 0 Å². The average Bonchev–Trinajstić information content (AvgIpc) is 0.873. The number of ether oxygens (including phenoxy) is 2. The Bertz CT molecular complexity index is 3930. The van der Waals surface area contributed by atoms with E-state index in [0.717, 1.165) is 25.0 Å². The zero-order valence-corrected chi connectivity index (χ0v) is 55.7. The van der Waals surface area contributed by atoms with Crippen LogP contribution >= 0.6 is 0 Å². The largest absolute Gasteiger partial charge is 0.489 e. The zero-order valence-electron chi connectivity index (χ0n) is 55.7. The predicted octanol–water partition coefficient (Wildman–Crippen LogP) is -0.789. The van der Waals surface area contributed by atoms with Gasteiger partial charge < -0.3 is 88.4 Å². The van der Waals surface area contributed by atoms with Crippen molar-refractivity contribution in [3.63, 3.8) is 0 Å². The smallest absolute Gasteiger partial charge is 0.330 e. The average molecular weight is 1410 g/mol. The minimum atomic E-state index is -2.01. The van der Waals surface area contributed by atoms with E-state index >= 15 is 0 Å². The highest BCUT2D eigenvalue weighted by Gasteiger charge is 2.35. The van der Waals surface area contributed by atoms with Gasteiger partial charge in [0.2, 0.25) is 65.0 Å². The molecule has 0 unspecified atom stereocenters. The number of carboxylic acids is 4. The number of rotatable bonds is 11. The molecule has 0 saturated heterocycles. The maximum Gasteiger partial charge on any atom is 0.330 e. The summed E-state index contributed by atoms with van der Waals surface area (Å²) in [5, 5.41) is 65.8. The fourth-order valence-corrected chi connectivity index (χ4v) is 10.8. The summed E-state index contributed by atoms with van der Waals surface area (Å²) < 4.78 is 12.5. The molecule has 5 aromatic carbocycles. The first kappa shape index (κ1) is 77.1. The molecule has 540 valence electrons. The van der Waals surface area contributed by atoms with Crippen LogP contribution in [0, 0.1) is 0 Å². The van der Waals surface area contributed by atoms with Crippen molar-refractivity contribution in [3.8, 4) is 11.5 Å². The van der Waals surface area contributed by atoms with Gasteiger partial charge >= 0.3 is 23.9 Å². The SMILES string of the molecule is CC(=O)N[C@H]1Cc2ccc(cc2)CCc2cc3cc(c2)COc2ccc(cc2)[C@@H](C(=O)O)NC(=O)CNC(=O)[C@H](Cc2ccccc2)NC(=O)[C@H](C)NC(=O)[C@H](CC(=O)O)NC(=O)[C@H](Cc2ccc(cc2)OC3)NC(=O)[C@H](CCC(=O)O)NC(=O)CNC(=O)[C@H](C)NC(=O)[C@H](CC(=O)O)NC1=O. The van der Waals surface area contributed by atoms with Crippen LogP contribution in [0.15, 0.2) is 121 Å². The first-order chi connectivity index (χ1) is 48.5. The molecule has 5 heterocycles. The van der Waals surface area contributed by atoms with Gasteiger partial charge in [-0.3, -0.25) is 67.1 Å². The van der Waals surface area contributed by atoms with E-state index in [1.54, 1.807) is 42.5 Å². The van der Waals surface area contributed by atoms with E-state index in [0.29, 0.717) is 52.2 Å². The third kappa shape index (κ3) is 24.6. The van der Waals surface area contributed by atoms with Gasteiger partial charge in [-0.25, -0.2) is 4.79 Å². The highest BCUT2D eigenvalue weighted by atomic mass is 16.5. The summed E-state index contributed by atoms with van der Waals surface area (Å²) in [6, 6.07) is 18.1. The number of aliphatic carboxylic acids is 4. The van der Waals surface area contributed by atoms with Gasteiger partial charge in [-0.1, -0.05) is 91.0 Å². The Morgan fingerprint density at radius 2 is 0.931 bits per heavy atom. The van der Waals surface area contributed by atoms with E-state index in [9.17, 15) is 92.3 Å². The third-order valence-electron chi connectivity index (χ3n) is 16.1. The second-order valence-electron chi connectivity index (χ2n) is 24.3. The lowest BCUT2D eigenvalue weighted by Gasteiger charge is -2.26. The molecule has 5 aliphatic rings. The maximum atomic E-state index is 14.6. The molecule has 5 aliphatic heterocycles. The highest BCUT2D eigenvalue weighted by molar-refractivity contribution is 6.00. The van der Waals surface area contributed by atoms with E-state index in [2.05, 4.69) is 58.5 Å². The number of hydrogen-bond donors (Lipinski definition) is 15. The molecule has 0 radical (unpaired) electrons. The lowest BCUT2D eigenvalue weighted by atomic mass is 9.98. The molecule has 5 aromatic rings. The van der Waals surface area contributed by atoms with Crippen LogP contribution in [-0.2, 0) is 117 Å². The van der Waals surface area contributed by atoms with Gasteiger partial charge in [0, 0.05) is 32.6 Å². The number of amides is 11. The number of hydrogen-bond acceptors (Lipinski definition) is 17. The Labute approximate surface area is 583 Å². The first-order valence-electron chi connectivity index (χ1n) is 32.3. The van der Waals surface area contributed by atoms with Crippen LogP contribution in [0.2, 0.25) is 0 Å². The molecule has 9 atom stereocenters. The summed E-state index contributed by atoms with van der Waals surface area (Å²) in [4.78, 5) is 200. The molecule has 0 spiro atoms. The number of nitrogens with one attached hydrogen (secondary N) is 11. The predicted molar refractivity (Wildman–Crippen MR) is 358 cm³/mol. The van der Waals surface area contributed by atoms with Crippen molar-refractivity contribution in [1.29, 1.82) is 0 Å². The summed E-state index contributed by atoms with van der Waals surface area (Å²) in [6.45, 7) is 1.72. The summed E-state index contributed by atoms with van der Waals surface area (Å²) in [5.74, 6) is -16.9.